The van der Waals surface area contributed by atoms with Gasteiger partial charge in [-0.15, -0.1) is 0 Å². The standard InChI is InChI=1S/C13H20O/c1-5-9-13(4,14)12-10(2)7-6-8-11(12)3/h6-8,14H,5,9H2,1-4H3. The minimum Gasteiger partial charge on any atom is -0.385 e. The maximum Gasteiger partial charge on any atom is 0.0873 e. The zero-order valence-corrected chi connectivity index (χ0v) is 9.59. The molecule has 0 amide bonds. The molecule has 1 aromatic rings. The van der Waals surface area contributed by atoms with Gasteiger partial charge in [0.2, 0.25) is 0 Å². The quantitative estimate of drug-likeness (QED) is 0.779. The van der Waals surface area contributed by atoms with Gasteiger partial charge in [-0.05, 0) is 43.9 Å². The van der Waals surface area contributed by atoms with Crippen LogP contribution in [0.5, 0.6) is 0 Å². The predicted octanol–water partition coefficient (Wildman–Crippen LogP) is 3.31. The summed E-state index contributed by atoms with van der Waals surface area (Å²) in [5, 5.41) is 10.3. The Morgan fingerprint density at radius 1 is 1.21 bits per heavy atom. The van der Waals surface area contributed by atoms with Gasteiger partial charge < -0.3 is 5.11 Å². The maximum atomic E-state index is 10.3. The predicted molar refractivity (Wildman–Crippen MR) is 60.4 cm³/mol. The Kier molecular flexibility index (Phi) is 3.33. The number of rotatable bonds is 3. The summed E-state index contributed by atoms with van der Waals surface area (Å²) in [4.78, 5) is 0. The molecule has 1 heteroatoms. The van der Waals surface area contributed by atoms with Crippen molar-refractivity contribution in [3.05, 3.63) is 34.9 Å². The Morgan fingerprint density at radius 3 is 2.14 bits per heavy atom. The van der Waals surface area contributed by atoms with E-state index in [1.54, 1.807) is 0 Å². The molecule has 0 aromatic heterocycles. The van der Waals surface area contributed by atoms with E-state index in [9.17, 15) is 5.11 Å². The highest BCUT2D eigenvalue weighted by Gasteiger charge is 2.25. The van der Waals surface area contributed by atoms with Gasteiger partial charge in [0.05, 0.1) is 5.60 Å². The molecule has 0 fully saturated rings. The van der Waals surface area contributed by atoms with Gasteiger partial charge in [-0.2, -0.15) is 0 Å². The highest BCUT2D eigenvalue weighted by Crippen LogP contribution is 2.30. The second-order valence-corrected chi connectivity index (χ2v) is 4.29. The Bertz CT molecular complexity index is 293. The van der Waals surface area contributed by atoms with Crippen LogP contribution in [0.2, 0.25) is 0 Å². The van der Waals surface area contributed by atoms with Crippen molar-refractivity contribution in [1.29, 1.82) is 0 Å². The zero-order valence-electron chi connectivity index (χ0n) is 9.59. The highest BCUT2D eigenvalue weighted by atomic mass is 16.3. The summed E-state index contributed by atoms with van der Waals surface area (Å²) in [5.74, 6) is 0. The Morgan fingerprint density at radius 2 is 1.71 bits per heavy atom. The van der Waals surface area contributed by atoms with Crippen LogP contribution >= 0.6 is 0 Å². The fourth-order valence-corrected chi connectivity index (χ4v) is 2.28. The SMILES string of the molecule is CCCC(C)(O)c1c(C)cccc1C. The van der Waals surface area contributed by atoms with Crippen molar-refractivity contribution >= 4 is 0 Å². The van der Waals surface area contributed by atoms with Crippen molar-refractivity contribution in [2.45, 2.75) is 46.1 Å². The number of aliphatic hydroxyl groups is 1. The van der Waals surface area contributed by atoms with Crippen molar-refractivity contribution in [3.8, 4) is 0 Å². The van der Waals surface area contributed by atoms with Crippen LogP contribution in [0.25, 0.3) is 0 Å². The lowest BCUT2D eigenvalue weighted by molar-refractivity contribution is 0.0457. The first-order valence-electron chi connectivity index (χ1n) is 5.28. The molecule has 0 heterocycles. The van der Waals surface area contributed by atoms with Gasteiger partial charge in [-0.1, -0.05) is 31.5 Å². The van der Waals surface area contributed by atoms with E-state index < -0.39 is 5.60 Å². The van der Waals surface area contributed by atoms with Gasteiger partial charge >= 0.3 is 0 Å². The molecule has 1 rings (SSSR count). The first kappa shape index (κ1) is 11.3. The van der Waals surface area contributed by atoms with Crippen LogP contribution in [-0.4, -0.2) is 5.11 Å². The summed E-state index contributed by atoms with van der Waals surface area (Å²) < 4.78 is 0. The molecular formula is C13H20O. The lowest BCUT2D eigenvalue weighted by Crippen LogP contribution is -2.23. The molecular weight excluding hydrogens is 172 g/mol. The first-order chi connectivity index (χ1) is 6.49. The third kappa shape index (κ3) is 2.16. The lowest BCUT2D eigenvalue weighted by atomic mass is 9.85. The second kappa shape index (κ2) is 4.14. The fraction of sp³-hybridized carbons (Fsp3) is 0.538. The number of benzene rings is 1. The third-order valence-electron chi connectivity index (χ3n) is 2.76. The summed E-state index contributed by atoms with van der Waals surface area (Å²) >= 11 is 0. The van der Waals surface area contributed by atoms with Gasteiger partial charge in [0, 0.05) is 0 Å². The molecule has 1 nitrogen and oxygen atoms in total. The number of hydrogen-bond donors (Lipinski definition) is 1. The fourth-order valence-electron chi connectivity index (χ4n) is 2.28. The van der Waals surface area contributed by atoms with Gasteiger partial charge in [0.1, 0.15) is 0 Å². The van der Waals surface area contributed by atoms with Crippen molar-refractivity contribution in [2.24, 2.45) is 0 Å². The van der Waals surface area contributed by atoms with E-state index in [0.29, 0.717) is 0 Å². The van der Waals surface area contributed by atoms with Crippen molar-refractivity contribution in [2.75, 3.05) is 0 Å². The normalized spacial score (nSPS) is 15.2. The first-order valence-corrected chi connectivity index (χ1v) is 5.28. The minimum absolute atomic E-state index is 0.676. The topological polar surface area (TPSA) is 20.2 Å². The van der Waals surface area contributed by atoms with Gasteiger partial charge in [0.25, 0.3) is 0 Å². The molecule has 78 valence electrons. The lowest BCUT2D eigenvalue weighted by Gasteiger charge is -2.27. The summed E-state index contributed by atoms with van der Waals surface area (Å²) in [7, 11) is 0. The summed E-state index contributed by atoms with van der Waals surface area (Å²) in [5.41, 5.74) is 2.79. The van der Waals surface area contributed by atoms with E-state index in [1.165, 1.54) is 11.1 Å². The maximum absolute atomic E-state index is 10.3. The third-order valence-corrected chi connectivity index (χ3v) is 2.76. The molecule has 0 radical (unpaired) electrons. The average Bonchev–Trinajstić information content (AvgIpc) is 2.02. The number of aryl methyl sites for hydroxylation is 2. The average molecular weight is 192 g/mol. The van der Waals surface area contributed by atoms with E-state index >= 15 is 0 Å². The van der Waals surface area contributed by atoms with Crippen molar-refractivity contribution in [1.82, 2.24) is 0 Å². The summed E-state index contributed by atoms with van der Waals surface area (Å²) in [6.07, 6.45) is 1.82. The molecule has 14 heavy (non-hydrogen) atoms. The van der Waals surface area contributed by atoms with Gasteiger partial charge in [-0.25, -0.2) is 0 Å². The molecule has 0 spiro atoms. The van der Waals surface area contributed by atoms with E-state index in [0.717, 1.165) is 18.4 Å². The van der Waals surface area contributed by atoms with Crippen molar-refractivity contribution < 1.29 is 5.11 Å². The van der Waals surface area contributed by atoms with Crippen LogP contribution < -0.4 is 0 Å². The highest BCUT2D eigenvalue weighted by molar-refractivity contribution is 5.37. The van der Waals surface area contributed by atoms with Crippen LogP contribution in [0.4, 0.5) is 0 Å². The van der Waals surface area contributed by atoms with E-state index in [1.807, 2.05) is 13.0 Å². The molecule has 0 aliphatic carbocycles. The van der Waals surface area contributed by atoms with Crippen LogP contribution in [0, 0.1) is 13.8 Å². The largest absolute Gasteiger partial charge is 0.385 e. The Labute approximate surface area is 86.8 Å². The molecule has 0 aliphatic rings. The van der Waals surface area contributed by atoms with E-state index in [2.05, 4.69) is 32.9 Å². The molecule has 0 aliphatic heterocycles. The van der Waals surface area contributed by atoms with Crippen LogP contribution in [0.1, 0.15) is 43.4 Å². The smallest absolute Gasteiger partial charge is 0.0873 e. The number of hydrogen-bond acceptors (Lipinski definition) is 1. The molecule has 0 saturated heterocycles. The van der Waals surface area contributed by atoms with Crippen molar-refractivity contribution in [3.63, 3.8) is 0 Å². The van der Waals surface area contributed by atoms with Gasteiger partial charge in [0.15, 0.2) is 0 Å². The van der Waals surface area contributed by atoms with Gasteiger partial charge in [-0.3, -0.25) is 0 Å². The zero-order chi connectivity index (χ0) is 10.8. The molecule has 1 atom stereocenters. The summed E-state index contributed by atoms with van der Waals surface area (Å²) in [6.45, 7) is 8.13. The molecule has 0 saturated carbocycles. The van der Waals surface area contributed by atoms with E-state index in [-0.39, 0.29) is 0 Å². The minimum atomic E-state index is -0.676. The van der Waals surface area contributed by atoms with Crippen LogP contribution in [0.3, 0.4) is 0 Å². The molecule has 0 bridgehead atoms. The molecule has 1 N–H and O–H groups in total. The molecule has 1 aromatic carbocycles. The van der Waals surface area contributed by atoms with E-state index in [4.69, 9.17) is 0 Å². The Balaban J connectivity index is 3.17. The second-order valence-electron chi connectivity index (χ2n) is 4.29. The van der Waals surface area contributed by atoms with Crippen LogP contribution in [-0.2, 0) is 5.60 Å². The Hall–Kier alpha value is -0.820. The summed E-state index contributed by atoms with van der Waals surface area (Å²) in [6, 6.07) is 6.16. The molecule has 1 unspecified atom stereocenters. The monoisotopic (exact) mass is 192 g/mol. The van der Waals surface area contributed by atoms with Crippen LogP contribution in [0.15, 0.2) is 18.2 Å².